The van der Waals surface area contributed by atoms with E-state index in [0.717, 1.165) is 57.5 Å². The zero-order valence-electron chi connectivity index (χ0n) is 15.1. The minimum atomic E-state index is -0.329. The number of benzene rings is 1. The predicted octanol–water partition coefficient (Wildman–Crippen LogP) is 2.54. The Kier molecular flexibility index (Phi) is 4.80. The topological polar surface area (TPSA) is 42.0 Å². The van der Waals surface area contributed by atoms with Gasteiger partial charge < -0.3 is 19.3 Å². The Morgan fingerprint density at radius 3 is 2.80 bits per heavy atom. The molecule has 1 amide bonds. The standard InChI is InChI=1S/C20H28N2O3/c1-21-11-9-20(10-12-21)16-6-2-3-7-17(16)22(19(20)23)13-15-25-18-8-4-5-14-24-18/h2-3,6-7,18H,4-5,8-15H2,1H3. The van der Waals surface area contributed by atoms with Crippen molar-refractivity contribution < 1.29 is 14.3 Å². The van der Waals surface area contributed by atoms with Gasteiger partial charge in [-0.15, -0.1) is 0 Å². The van der Waals surface area contributed by atoms with Crippen LogP contribution in [0.5, 0.6) is 0 Å². The Morgan fingerprint density at radius 2 is 2.04 bits per heavy atom. The number of rotatable bonds is 4. The summed E-state index contributed by atoms with van der Waals surface area (Å²) in [7, 11) is 2.13. The van der Waals surface area contributed by atoms with Crippen LogP contribution in [-0.4, -0.2) is 57.0 Å². The third-order valence-electron chi connectivity index (χ3n) is 5.96. The van der Waals surface area contributed by atoms with E-state index in [1.54, 1.807) is 0 Å². The molecule has 0 bridgehead atoms. The number of ether oxygens (including phenoxy) is 2. The molecule has 1 aromatic rings. The molecule has 0 radical (unpaired) electrons. The van der Waals surface area contributed by atoms with Gasteiger partial charge in [-0.1, -0.05) is 18.2 Å². The molecule has 3 heterocycles. The van der Waals surface area contributed by atoms with Crippen molar-refractivity contribution in [1.29, 1.82) is 0 Å². The molecule has 0 aliphatic carbocycles. The van der Waals surface area contributed by atoms with E-state index in [2.05, 4.69) is 30.1 Å². The van der Waals surface area contributed by atoms with Crippen molar-refractivity contribution in [3.05, 3.63) is 29.8 Å². The molecule has 1 aromatic carbocycles. The summed E-state index contributed by atoms with van der Waals surface area (Å²) >= 11 is 0. The van der Waals surface area contributed by atoms with E-state index < -0.39 is 0 Å². The Bertz CT molecular complexity index is 619. The largest absolute Gasteiger partial charge is 0.353 e. The number of nitrogens with zero attached hydrogens (tertiary/aromatic N) is 2. The van der Waals surface area contributed by atoms with Crippen molar-refractivity contribution in [3.63, 3.8) is 0 Å². The van der Waals surface area contributed by atoms with Gasteiger partial charge >= 0.3 is 0 Å². The predicted molar refractivity (Wildman–Crippen MR) is 96.7 cm³/mol. The van der Waals surface area contributed by atoms with Gasteiger partial charge in [-0.3, -0.25) is 4.79 Å². The van der Waals surface area contributed by atoms with Crippen LogP contribution in [0.1, 0.15) is 37.7 Å². The van der Waals surface area contributed by atoms with Crippen LogP contribution in [0.4, 0.5) is 5.69 Å². The van der Waals surface area contributed by atoms with Gasteiger partial charge in [-0.2, -0.15) is 0 Å². The molecule has 1 spiro atoms. The molecule has 0 saturated carbocycles. The van der Waals surface area contributed by atoms with Crippen LogP contribution in [0.15, 0.2) is 24.3 Å². The van der Waals surface area contributed by atoms with Crippen molar-refractivity contribution in [1.82, 2.24) is 4.90 Å². The number of anilines is 1. The summed E-state index contributed by atoms with van der Waals surface area (Å²) in [6.45, 7) is 3.86. The average molecular weight is 344 g/mol. The summed E-state index contributed by atoms with van der Waals surface area (Å²) in [4.78, 5) is 17.6. The van der Waals surface area contributed by atoms with E-state index in [-0.39, 0.29) is 17.6 Å². The van der Waals surface area contributed by atoms with Crippen molar-refractivity contribution in [2.45, 2.75) is 43.8 Å². The number of carbonyl (C=O) groups is 1. The van der Waals surface area contributed by atoms with E-state index in [0.29, 0.717) is 13.2 Å². The average Bonchev–Trinajstić information content (AvgIpc) is 2.88. The SMILES string of the molecule is CN1CCC2(CC1)C(=O)N(CCOC1CCCCO1)c1ccccc12. The minimum absolute atomic E-state index is 0.0982. The summed E-state index contributed by atoms with van der Waals surface area (Å²) < 4.78 is 11.5. The molecular weight excluding hydrogens is 316 g/mol. The number of hydrogen-bond acceptors (Lipinski definition) is 4. The lowest BCUT2D eigenvalue weighted by Gasteiger charge is -2.37. The fraction of sp³-hybridized carbons (Fsp3) is 0.650. The van der Waals surface area contributed by atoms with Crippen LogP contribution in [0.25, 0.3) is 0 Å². The second-order valence-corrected chi connectivity index (χ2v) is 7.53. The highest BCUT2D eigenvalue weighted by Crippen LogP contribution is 2.47. The lowest BCUT2D eigenvalue weighted by Crippen LogP contribution is -2.48. The molecule has 5 nitrogen and oxygen atoms in total. The minimum Gasteiger partial charge on any atom is -0.353 e. The first kappa shape index (κ1) is 17.0. The van der Waals surface area contributed by atoms with Crippen molar-refractivity contribution >= 4 is 11.6 Å². The quantitative estimate of drug-likeness (QED) is 0.842. The maximum atomic E-state index is 13.3. The van der Waals surface area contributed by atoms with Gasteiger partial charge in [0.2, 0.25) is 5.91 Å². The van der Waals surface area contributed by atoms with E-state index >= 15 is 0 Å². The van der Waals surface area contributed by atoms with Crippen LogP contribution >= 0.6 is 0 Å². The number of likely N-dealkylation sites (tertiary alicyclic amines) is 1. The van der Waals surface area contributed by atoms with Crippen molar-refractivity contribution in [2.75, 3.05) is 44.8 Å². The zero-order valence-corrected chi connectivity index (χ0v) is 15.1. The summed E-state index contributed by atoms with van der Waals surface area (Å²) in [5.41, 5.74) is 1.96. The van der Waals surface area contributed by atoms with E-state index in [1.807, 2.05) is 11.0 Å². The number of amides is 1. The van der Waals surface area contributed by atoms with Gasteiger partial charge in [0.05, 0.1) is 12.0 Å². The molecule has 3 aliphatic rings. The Hall–Kier alpha value is -1.43. The lowest BCUT2D eigenvalue weighted by molar-refractivity contribution is -0.161. The van der Waals surface area contributed by atoms with Crippen LogP contribution in [0.2, 0.25) is 0 Å². The third kappa shape index (κ3) is 3.09. The second kappa shape index (κ2) is 7.06. The van der Waals surface area contributed by atoms with Crippen molar-refractivity contribution in [2.24, 2.45) is 0 Å². The van der Waals surface area contributed by atoms with Crippen LogP contribution < -0.4 is 4.90 Å². The van der Waals surface area contributed by atoms with Gasteiger partial charge in [0, 0.05) is 18.8 Å². The summed E-state index contributed by atoms with van der Waals surface area (Å²) in [5.74, 6) is 0.259. The van der Waals surface area contributed by atoms with Crippen molar-refractivity contribution in [3.8, 4) is 0 Å². The molecule has 3 aliphatic heterocycles. The molecule has 2 saturated heterocycles. The molecule has 0 aromatic heterocycles. The van der Waals surface area contributed by atoms with E-state index in [4.69, 9.17) is 9.47 Å². The Labute approximate surface area is 149 Å². The normalized spacial score (nSPS) is 26.2. The molecule has 4 rings (SSSR count). The molecular formula is C20H28N2O3. The number of carbonyl (C=O) groups excluding carboxylic acids is 1. The highest BCUT2D eigenvalue weighted by Gasteiger charge is 2.51. The van der Waals surface area contributed by atoms with Gasteiger partial charge in [-0.25, -0.2) is 0 Å². The zero-order chi connectivity index (χ0) is 17.3. The third-order valence-corrected chi connectivity index (χ3v) is 5.96. The summed E-state index contributed by atoms with van der Waals surface area (Å²) in [6.07, 6.45) is 4.95. The smallest absolute Gasteiger partial charge is 0.237 e. The number of piperidine rings is 1. The number of para-hydroxylation sites is 1. The van der Waals surface area contributed by atoms with E-state index in [9.17, 15) is 4.79 Å². The summed E-state index contributed by atoms with van der Waals surface area (Å²) in [5, 5.41) is 0. The van der Waals surface area contributed by atoms with E-state index in [1.165, 1.54) is 5.56 Å². The molecule has 0 N–H and O–H groups in total. The monoisotopic (exact) mass is 344 g/mol. The molecule has 2 fully saturated rings. The first-order valence-electron chi connectivity index (χ1n) is 9.54. The lowest BCUT2D eigenvalue weighted by atomic mass is 9.74. The van der Waals surface area contributed by atoms with Gasteiger partial charge in [0.1, 0.15) is 0 Å². The fourth-order valence-electron chi connectivity index (χ4n) is 4.42. The van der Waals surface area contributed by atoms with Gasteiger partial charge in [-0.05, 0) is 63.9 Å². The maximum absolute atomic E-state index is 13.3. The summed E-state index contributed by atoms with van der Waals surface area (Å²) in [6, 6.07) is 8.31. The molecule has 136 valence electrons. The molecule has 1 unspecified atom stereocenters. The second-order valence-electron chi connectivity index (χ2n) is 7.53. The maximum Gasteiger partial charge on any atom is 0.237 e. The van der Waals surface area contributed by atoms with Gasteiger partial charge in [0.25, 0.3) is 0 Å². The Morgan fingerprint density at radius 1 is 1.24 bits per heavy atom. The first-order valence-corrected chi connectivity index (χ1v) is 9.54. The van der Waals surface area contributed by atoms with Crippen LogP contribution in [-0.2, 0) is 19.7 Å². The van der Waals surface area contributed by atoms with Crippen LogP contribution in [0.3, 0.4) is 0 Å². The Balaban J connectivity index is 1.48. The molecule has 1 atom stereocenters. The highest BCUT2D eigenvalue weighted by molar-refractivity contribution is 6.08. The fourth-order valence-corrected chi connectivity index (χ4v) is 4.42. The number of hydrogen-bond donors (Lipinski definition) is 0. The molecule has 25 heavy (non-hydrogen) atoms. The highest BCUT2D eigenvalue weighted by atomic mass is 16.7. The first-order chi connectivity index (χ1) is 12.2. The number of fused-ring (bicyclic) bond motifs is 2. The van der Waals surface area contributed by atoms with Gasteiger partial charge in [0.15, 0.2) is 6.29 Å². The molecule has 5 heteroatoms. The van der Waals surface area contributed by atoms with Crippen LogP contribution in [0, 0.1) is 0 Å².